The van der Waals surface area contributed by atoms with E-state index >= 15 is 0 Å². The van der Waals surface area contributed by atoms with Crippen LogP contribution >= 0.6 is 0 Å². The summed E-state index contributed by atoms with van der Waals surface area (Å²) in [6.45, 7) is 5.93. The van der Waals surface area contributed by atoms with Crippen molar-refractivity contribution in [2.45, 2.75) is 39.2 Å². The van der Waals surface area contributed by atoms with Gasteiger partial charge in [0.15, 0.2) is 0 Å². The molecule has 0 saturated heterocycles. The zero-order valence-electron chi connectivity index (χ0n) is 10.0. The first-order valence-electron chi connectivity index (χ1n) is 5.53. The third-order valence-corrected chi connectivity index (χ3v) is 2.45. The third-order valence-electron chi connectivity index (χ3n) is 2.45. The first kappa shape index (κ1) is 12.7. The average molecular weight is 223 g/mol. The van der Waals surface area contributed by atoms with Gasteiger partial charge < -0.3 is 5.32 Å². The molecule has 0 fully saturated rings. The smallest absolute Gasteiger partial charge is 0.254 e. The molecule has 0 bridgehead atoms. The minimum absolute atomic E-state index is 0.103. The Morgan fingerprint density at radius 2 is 2.00 bits per heavy atom. The van der Waals surface area contributed by atoms with Crippen molar-refractivity contribution < 1.29 is 9.18 Å². The second-order valence-electron chi connectivity index (χ2n) is 4.57. The summed E-state index contributed by atoms with van der Waals surface area (Å²) in [6, 6.07) is 6.02. The molecule has 0 saturated carbocycles. The van der Waals surface area contributed by atoms with Crippen molar-refractivity contribution in [3.8, 4) is 0 Å². The van der Waals surface area contributed by atoms with E-state index in [0.29, 0.717) is 0 Å². The highest BCUT2D eigenvalue weighted by Gasteiger charge is 2.21. The van der Waals surface area contributed by atoms with Crippen LogP contribution in [0.5, 0.6) is 0 Å². The molecule has 0 aliphatic heterocycles. The lowest BCUT2D eigenvalue weighted by molar-refractivity contribution is 0.0905. The van der Waals surface area contributed by atoms with Crippen LogP contribution in [0.25, 0.3) is 0 Å². The molecule has 88 valence electrons. The van der Waals surface area contributed by atoms with E-state index in [2.05, 4.69) is 12.2 Å². The number of hydrogen-bond acceptors (Lipinski definition) is 1. The van der Waals surface area contributed by atoms with Crippen molar-refractivity contribution >= 4 is 5.91 Å². The fraction of sp³-hybridized carbons (Fsp3) is 0.462. The lowest BCUT2D eigenvalue weighted by Crippen LogP contribution is -2.43. The van der Waals surface area contributed by atoms with E-state index in [4.69, 9.17) is 0 Å². The largest absolute Gasteiger partial charge is 0.347 e. The predicted molar refractivity (Wildman–Crippen MR) is 62.9 cm³/mol. The molecular weight excluding hydrogens is 205 g/mol. The second kappa shape index (κ2) is 5.10. The molecule has 0 unspecified atom stereocenters. The Balaban J connectivity index is 2.77. The molecule has 1 N–H and O–H groups in total. The topological polar surface area (TPSA) is 29.1 Å². The van der Waals surface area contributed by atoms with Crippen LogP contribution in [-0.4, -0.2) is 11.4 Å². The van der Waals surface area contributed by atoms with Gasteiger partial charge in [-0.05, 0) is 32.4 Å². The van der Waals surface area contributed by atoms with Gasteiger partial charge in [0, 0.05) is 5.54 Å². The van der Waals surface area contributed by atoms with Gasteiger partial charge in [-0.25, -0.2) is 4.39 Å². The zero-order valence-corrected chi connectivity index (χ0v) is 10.0. The van der Waals surface area contributed by atoms with Gasteiger partial charge in [0.25, 0.3) is 5.91 Å². The summed E-state index contributed by atoms with van der Waals surface area (Å²) < 4.78 is 13.3. The maximum absolute atomic E-state index is 13.3. The van der Waals surface area contributed by atoms with Crippen LogP contribution in [-0.2, 0) is 0 Å². The predicted octanol–water partition coefficient (Wildman–Crippen LogP) is 3.13. The number of rotatable bonds is 4. The first-order valence-corrected chi connectivity index (χ1v) is 5.53. The quantitative estimate of drug-likeness (QED) is 0.834. The summed E-state index contributed by atoms with van der Waals surface area (Å²) in [5.74, 6) is -0.830. The molecule has 2 nitrogen and oxygen atoms in total. The van der Waals surface area contributed by atoms with Gasteiger partial charge >= 0.3 is 0 Å². The monoisotopic (exact) mass is 223 g/mol. The molecule has 1 amide bonds. The molecule has 0 atom stereocenters. The SMILES string of the molecule is CCCC(C)(C)NC(=O)c1ccccc1F. The average Bonchev–Trinajstić information content (AvgIpc) is 2.17. The Bertz CT molecular complexity index is 374. The third kappa shape index (κ3) is 3.33. The van der Waals surface area contributed by atoms with Gasteiger partial charge in [-0.1, -0.05) is 25.5 Å². The standard InChI is InChI=1S/C13H18FNO/c1-4-9-13(2,3)15-12(16)10-7-5-6-8-11(10)14/h5-8H,4,9H2,1-3H3,(H,15,16). The number of amides is 1. The highest BCUT2D eigenvalue weighted by Crippen LogP contribution is 2.13. The van der Waals surface area contributed by atoms with Gasteiger partial charge in [-0.3, -0.25) is 4.79 Å². The van der Waals surface area contributed by atoms with E-state index in [1.54, 1.807) is 12.1 Å². The molecule has 0 heterocycles. The van der Waals surface area contributed by atoms with Crippen molar-refractivity contribution in [1.82, 2.24) is 5.32 Å². The number of nitrogens with one attached hydrogen (secondary N) is 1. The normalized spacial score (nSPS) is 11.2. The maximum atomic E-state index is 13.3. The number of hydrogen-bond donors (Lipinski definition) is 1. The van der Waals surface area contributed by atoms with Crippen LogP contribution in [0, 0.1) is 5.82 Å². The van der Waals surface area contributed by atoms with Crippen LogP contribution in [0.15, 0.2) is 24.3 Å². The summed E-state index contributed by atoms with van der Waals surface area (Å²) >= 11 is 0. The van der Waals surface area contributed by atoms with E-state index < -0.39 is 5.82 Å². The molecule has 1 aromatic rings. The maximum Gasteiger partial charge on any atom is 0.254 e. The molecule has 1 aromatic carbocycles. The second-order valence-corrected chi connectivity index (χ2v) is 4.57. The van der Waals surface area contributed by atoms with Crippen LogP contribution in [0.3, 0.4) is 0 Å². The highest BCUT2D eigenvalue weighted by atomic mass is 19.1. The van der Waals surface area contributed by atoms with E-state index in [-0.39, 0.29) is 17.0 Å². The lowest BCUT2D eigenvalue weighted by Gasteiger charge is -2.25. The molecular formula is C13H18FNO. The van der Waals surface area contributed by atoms with E-state index in [1.807, 2.05) is 13.8 Å². The van der Waals surface area contributed by atoms with Crippen molar-refractivity contribution in [3.05, 3.63) is 35.6 Å². The molecule has 0 radical (unpaired) electrons. The number of carbonyl (C=O) groups excluding carboxylic acids is 1. The van der Waals surface area contributed by atoms with E-state index in [0.717, 1.165) is 12.8 Å². The summed E-state index contributed by atoms with van der Waals surface area (Å²) in [4.78, 5) is 11.8. The van der Waals surface area contributed by atoms with Crippen molar-refractivity contribution in [2.24, 2.45) is 0 Å². The lowest BCUT2D eigenvalue weighted by atomic mass is 9.98. The van der Waals surface area contributed by atoms with Gasteiger partial charge in [-0.2, -0.15) is 0 Å². The molecule has 16 heavy (non-hydrogen) atoms. The molecule has 0 aliphatic rings. The van der Waals surface area contributed by atoms with Gasteiger partial charge in [0.2, 0.25) is 0 Å². The summed E-state index contributed by atoms with van der Waals surface area (Å²) in [5, 5.41) is 2.84. The Kier molecular flexibility index (Phi) is 4.05. The Labute approximate surface area is 95.9 Å². The van der Waals surface area contributed by atoms with E-state index in [9.17, 15) is 9.18 Å². The molecule has 3 heteroatoms. The van der Waals surface area contributed by atoms with Crippen LogP contribution < -0.4 is 5.32 Å². The van der Waals surface area contributed by atoms with Crippen LogP contribution in [0.4, 0.5) is 4.39 Å². The number of benzene rings is 1. The summed E-state index contributed by atoms with van der Waals surface area (Å²) in [7, 11) is 0. The molecule has 1 rings (SSSR count). The van der Waals surface area contributed by atoms with Crippen molar-refractivity contribution in [2.75, 3.05) is 0 Å². The summed E-state index contributed by atoms with van der Waals surface area (Å²) in [5.41, 5.74) is -0.194. The first-order chi connectivity index (χ1) is 7.46. The van der Waals surface area contributed by atoms with Crippen molar-refractivity contribution in [1.29, 1.82) is 0 Å². The van der Waals surface area contributed by atoms with Crippen LogP contribution in [0.2, 0.25) is 0 Å². The molecule has 0 aromatic heterocycles. The number of carbonyl (C=O) groups is 1. The van der Waals surface area contributed by atoms with Gasteiger partial charge in [-0.15, -0.1) is 0 Å². The fourth-order valence-corrected chi connectivity index (χ4v) is 1.71. The Morgan fingerprint density at radius 1 is 1.38 bits per heavy atom. The Hall–Kier alpha value is -1.38. The van der Waals surface area contributed by atoms with Crippen molar-refractivity contribution in [3.63, 3.8) is 0 Å². The minimum atomic E-state index is -0.479. The van der Waals surface area contributed by atoms with E-state index in [1.165, 1.54) is 12.1 Å². The minimum Gasteiger partial charge on any atom is -0.347 e. The Morgan fingerprint density at radius 3 is 2.56 bits per heavy atom. The number of halogens is 1. The van der Waals surface area contributed by atoms with Gasteiger partial charge in [0.1, 0.15) is 5.82 Å². The molecule has 0 aliphatic carbocycles. The fourth-order valence-electron chi connectivity index (χ4n) is 1.71. The highest BCUT2D eigenvalue weighted by molar-refractivity contribution is 5.94. The zero-order chi connectivity index (χ0) is 12.2. The molecule has 0 spiro atoms. The summed E-state index contributed by atoms with van der Waals surface area (Å²) in [6.07, 6.45) is 1.84. The van der Waals surface area contributed by atoms with Crippen LogP contribution in [0.1, 0.15) is 44.0 Å². The van der Waals surface area contributed by atoms with Gasteiger partial charge in [0.05, 0.1) is 5.56 Å².